The summed E-state index contributed by atoms with van der Waals surface area (Å²) in [5, 5.41) is 0. The zero-order valence-electron chi connectivity index (χ0n) is 12.7. The quantitative estimate of drug-likeness (QED) is 0.817. The third-order valence-corrected chi connectivity index (χ3v) is 4.81. The number of piperazine rings is 1. The maximum Gasteiger partial charge on any atom is 0.255 e. The van der Waals surface area contributed by atoms with E-state index in [0.29, 0.717) is 30.8 Å². The second-order valence-electron chi connectivity index (χ2n) is 5.64. The van der Waals surface area contributed by atoms with Gasteiger partial charge in [0, 0.05) is 42.8 Å². The monoisotopic (exact) mass is 376 g/mol. The first-order valence-electron chi connectivity index (χ1n) is 7.65. The van der Waals surface area contributed by atoms with E-state index in [1.54, 1.807) is 6.07 Å². The Morgan fingerprint density at radius 2 is 1.65 bits per heavy atom. The normalized spacial score (nSPS) is 15.7. The average Bonchev–Trinajstić information content (AvgIpc) is 2.57. The fourth-order valence-corrected chi connectivity index (χ4v) is 3.24. The predicted octanol–water partition coefficient (Wildman–Crippen LogP) is 3.55. The summed E-state index contributed by atoms with van der Waals surface area (Å²) in [5.74, 6) is -0.123. The molecule has 120 valence electrons. The van der Waals surface area contributed by atoms with Crippen molar-refractivity contribution in [2.45, 2.75) is 6.54 Å². The number of amides is 1. The largest absolute Gasteiger partial charge is 0.336 e. The van der Waals surface area contributed by atoms with E-state index in [-0.39, 0.29) is 11.7 Å². The minimum Gasteiger partial charge on any atom is -0.336 e. The van der Waals surface area contributed by atoms with Crippen molar-refractivity contribution in [3.63, 3.8) is 0 Å². The lowest BCUT2D eigenvalue weighted by atomic mass is 10.1. The Labute approximate surface area is 143 Å². The molecule has 1 heterocycles. The molecule has 0 radical (unpaired) electrons. The van der Waals surface area contributed by atoms with Crippen LogP contribution in [0.4, 0.5) is 4.39 Å². The molecule has 1 aliphatic heterocycles. The molecule has 3 nitrogen and oxygen atoms in total. The second kappa shape index (κ2) is 7.23. The highest BCUT2D eigenvalue weighted by molar-refractivity contribution is 9.10. The molecule has 2 aromatic carbocycles. The number of rotatable bonds is 3. The van der Waals surface area contributed by atoms with Gasteiger partial charge in [0.15, 0.2) is 0 Å². The highest BCUT2D eigenvalue weighted by Gasteiger charge is 2.23. The highest BCUT2D eigenvalue weighted by Crippen LogP contribution is 2.19. The second-order valence-corrected chi connectivity index (χ2v) is 6.49. The number of halogens is 2. The molecule has 0 spiro atoms. The smallest absolute Gasteiger partial charge is 0.255 e. The fourth-order valence-electron chi connectivity index (χ4n) is 2.78. The van der Waals surface area contributed by atoms with E-state index in [4.69, 9.17) is 0 Å². The number of benzene rings is 2. The summed E-state index contributed by atoms with van der Waals surface area (Å²) in [6.07, 6.45) is 0. The van der Waals surface area contributed by atoms with Crippen molar-refractivity contribution in [1.82, 2.24) is 9.80 Å². The molecule has 0 unspecified atom stereocenters. The minimum absolute atomic E-state index is 0.0445. The number of hydrogen-bond acceptors (Lipinski definition) is 2. The first kappa shape index (κ1) is 16.1. The van der Waals surface area contributed by atoms with Crippen LogP contribution in [0.25, 0.3) is 0 Å². The van der Waals surface area contributed by atoms with Gasteiger partial charge >= 0.3 is 0 Å². The van der Waals surface area contributed by atoms with Gasteiger partial charge in [0.05, 0.1) is 5.56 Å². The summed E-state index contributed by atoms with van der Waals surface area (Å²) in [5.41, 5.74) is 1.40. The Morgan fingerprint density at radius 1 is 1.00 bits per heavy atom. The predicted molar refractivity (Wildman–Crippen MR) is 91.7 cm³/mol. The van der Waals surface area contributed by atoms with Gasteiger partial charge in [-0.2, -0.15) is 0 Å². The van der Waals surface area contributed by atoms with E-state index in [1.807, 2.05) is 41.3 Å². The first-order valence-corrected chi connectivity index (χ1v) is 8.44. The van der Waals surface area contributed by atoms with Crippen molar-refractivity contribution < 1.29 is 9.18 Å². The highest BCUT2D eigenvalue weighted by atomic mass is 79.9. The summed E-state index contributed by atoms with van der Waals surface area (Å²) in [6, 6.07) is 14.3. The number of nitrogens with zero attached hydrogens (tertiary/aromatic N) is 2. The molecule has 3 rings (SSSR count). The summed E-state index contributed by atoms with van der Waals surface area (Å²) >= 11 is 3.43. The molecule has 0 bridgehead atoms. The van der Waals surface area contributed by atoms with Gasteiger partial charge in [-0.3, -0.25) is 9.69 Å². The van der Waals surface area contributed by atoms with Crippen molar-refractivity contribution >= 4 is 21.8 Å². The van der Waals surface area contributed by atoms with Gasteiger partial charge in [-0.05, 0) is 34.1 Å². The SMILES string of the molecule is O=C(c1ccccc1Br)N1CCN(Cc2ccccc2F)CC1. The molecule has 1 saturated heterocycles. The van der Waals surface area contributed by atoms with Crippen LogP contribution in [0.2, 0.25) is 0 Å². The third-order valence-electron chi connectivity index (χ3n) is 4.12. The molecule has 1 aliphatic rings. The maximum absolute atomic E-state index is 13.7. The van der Waals surface area contributed by atoms with Crippen LogP contribution >= 0.6 is 15.9 Å². The van der Waals surface area contributed by atoms with Gasteiger partial charge in [-0.25, -0.2) is 4.39 Å². The zero-order valence-corrected chi connectivity index (χ0v) is 14.3. The van der Waals surface area contributed by atoms with E-state index in [1.165, 1.54) is 6.07 Å². The van der Waals surface area contributed by atoms with Crippen molar-refractivity contribution in [1.29, 1.82) is 0 Å². The number of hydrogen-bond donors (Lipinski definition) is 0. The number of carbonyl (C=O) groups excluding carboxylic acids is 1. The Balaban J connectivity index is 1.59. The lowest BCUT2D eigenvalue weighted by Gasteiger charge is -2.35. The Kier molecular flexibility index (Phi) is 5.08. The van der Waals surface area contributed by atoms with Gasteiger partial charge in [0.25, 0.3) is 5.91 Å². The minimum atomic E-state index is -0.167. The molecule has 23 heavy (non-hydrogen) atoms. The number of carbonyl (C=O) groups is 1. The summed E-state index contributed by atoms with van der Waals surface area (Å²) in [7, 11) is 0. The van der Waals surface area contributed by atoms with Crippen LogP contribution in [0.1, 0.15) is 15.9 Å². The zero-order chi connectivity index (χ0) is 16.2. The molecule has 5 heteroatoms. The van der Waals surface area contributed by atoms with Crippen molar-refractivity contribution in [2.24, 2.45) is 0 Å². The van der Waals surface area contributed by atoms with Gasteiger partial charge in [-0.1, -0.05) is 30.3 Å². The van der Waals surface area contributed by atoms with Gasteiger partial charge in [0.1, 0.15) is 5.82 Å². The lowest BCUT2D eigenvalue weighted by molar-refractivity contribution is 0.0626. The van der Waals surface area contributed by atoms with Gasteiger partial charge in [-0.15, -0.1) is 0 Å². The Bertz CT molecular complexity index is 699. The molecule has 0 aliphatic carbocycles. The summed E-state index contributed by atoms with van der Waals surface area (Å²) in [6.45, 7) is 3.42. The van der Waals surface area contributed by atoms with Crippen LogP contribution in [0, 0.1) is 5.82 Å². The van der Waals surface area contributed by atoms with E-state index < -0.39 is 0 Å². The lowest BCUT2D eigenvalue weighted by Crippen LogP contribution is -2.48. The fraction of sp³-hybridized carbons (Fsp3) is 0.278. The van der Waals surface area contributed by atoms with E-state index in [9.17, 15) is 9.18 Å². The van der Waals surface area contributed by atoms with Gasteiger partial charge in [0.2, 0.25) is 0 Å². The van der Waals surface area contributed by atoms with Crippen LogP contribution in [0.5, 0.6) is 0 Å². The molecule has 0 aromatic heterocycles. The van der Waals surface area contributed by atoms with Crippen molar-refractivity contribution in [3.05, 3.63) is 69.9 Å². The Morgan fingerprint density at radius 3 is 2.35 bits per heavy atom. The Hall–Kier alpha value is -1.72. The van der Waals surface area contributed by atoms with Gasteiger partial charge < -0.3 is 4.90 Å². The summed E-state index contributed by atoms with van der Waals surface area (Å²) < 4.78 is 14.5. The molecule has 1 amide bonds. The summed E-state index contributed by atoms with van der Waals surface area (Å²) in [4.78, 5) is 16.6. The molecule has 1 fully saturated rings. The van der Waals surface area contributed by atoms with Crippen LogP contribution < -0.4 is 0 Å². The standard InChI is InChI=1S/C18H18BrFN2O/c19-16-7-3-2-6-15(16)18(23)22-11-9-21(10-12-22)13-14-5-1-4-8-17(14)20/h1-8H,9-13H2. The third kappa shape index (κ3) is 3.79. The van der Waals surface area contributed by atoms with E-state index in [0.717, 1.165) is 17.6 Å². The maximum atomic E-state index is 13.7. The topological polar surface area (TPSA) is 23.6 Å². The van der Waals surface area contributed by atoms with E-state index >= 15 is 0 Å². The molecule has 0 atom stereocenters. The van der Waals surface area contributed by atoms with Crippen LogP contribution in [0.3, 0.4) is 0 Å². The van der Waals surface area contributed by atoms with Crippen LogP contribution in [0.15, 0.2) is 53.0 Å². The molecule has 0 saturated carbocycles. The molecule has 0 N–H and O–H groups in total. The first-order chi connectivity index (χ1) is 11.1. The molecular formula is C18H18BrFN2O. The van der Waals surface area contributed by atoms with Crippen LogP contribution in [-0.2, 0) is 6.54 Å². The molecular weight excluding hydrogens is 359 g/mol. The van der Waals surface area contributed by atoms with Crippen molar-refractivity contribution in [2.75, 3.05) is 26.2 Å². The van der Waals surface area contributed by atoms with Crippen LogP contribution in [-0.4, -0.2) is 41.9 Å². The van der Waals surface area contributed by atoms with Crippen molar-refractivity contribution in [3.8, 4) is 0 Å². The average molecular weight is 377 g/mol. The molecule has 2 aromatic rings. The van der Waals surface area contributed by atoms with E-state index in [2.05, 4.69) is 20.8 Å².